The van der Waals surface area contributed by atoms with Crippen LogP contribution in [0.1, 0.15) is 31.2 Å². The number of nitrogens with zero attached hydrogens (tertiary/aromatic N) is 2. The third-order valence-electron chi connectivity index (χ3n) is 3.89. The number of nitro groups is 1. The lowest BCUT2D eigenvalue weighted by atomic mass is 9.98. The quantitative estimate of drug-likeness (QED) is 0.473. The summed E-state index contributed by atoms with van der Waals surface area (Å²) in [5.41, 5.74) is 1.01. The van der Waals surface area contributed by atoms with Crippen LogP contribution in [0, 0.1) is 10.1 Å². The normalized spacial score (nSPS) is 19.2. The number of hydrogen-bond acceptors (Lipinski definition) is 5. The molecule has 0 N–H and O–H groups in total. The highest BCUT2D eigenvalue weighted by Crippen LogP contribution is 2.23. The number of hydrogen-bond donors (Lipinski definition) is 0. The summed E-state index contributed by atoms with van der Waals surface area (Å²) in [7, 11) is 1.40. The molecule has 1 unspecified atom stereocenters. The van der Waals surface area contributed by atoms with Crippen molar-refractivity contribution in [3.05, 3.63) is 39.9 Å². The lowest BCUT2D eigenvalue weighted by molar-refractivity contribution is -0.384. The second-order valence-corrected chi connectivity index (χ2v) is 5.33. The van der Waals surface area contributed by atoms with E-state index in [-0.39, 0.29) is 22.6 Å². The van der Waals surface area contributed by atoms with Gasteiger partial charge in [-0.05, 0) is 24.9 Å². The first-order valence-corrected chi connectivity index (χ1v) is 7.14. The second kappa shape index (κ2) is 7.17. The second-order valence-electron chi connectivity index (χ2n) is 5.33. The van der Waals surface area contributed by atoms with Crippen LogP contribution in [0.4, 0.5) is 5.69 Å². The fraction of sp³-hybridized carbons (Fsp3) is 0.533. The topological polar surface area (TPSA) is 72.7 Å². The molecule has 1 aromatic rings. The minimum absolute atomic E-state index is 0.106. The number of likely N-dealkylation sites (tertiary alicyclic amines) is 1. The minimum atomic E-state index is -0.383. The van der Waals surface area contributed by atoms with E-state index in [2.05, 4.69) is 4.90 Å². The maximum atomic E-state index is 11.5. The van der Waals surface area contributed by atoms with Gasteiger partial charge in [-0.3, -0.25) is 19.8 Å². The summed E-state index contributed by atoms with van der Waals surface area (Å²) in [6.45, 7) is 1.54. The van der Waals surface area contributed by atoms with Crippen molar-refractivity contribution in [3.8, 4) is 0 Å². The molecule has 1 atom stereocenters. The van der Waals surface area contributed by atoms with Crippen LogP contribution in [0.5, 0.6) is 0 Å². The number of ether oxygens (including phenoxy) is 1. The summed E-state index contributed by atoms with van der Waals surface area (Å²) < 4.78 is 4.75. The van der Waals surface area contributed by atoms with Gasteiger partial charge in [0.25, 0.3) is 5.69 Å². The first-order valence-electron chi connectivity index (χ1n) is 7.14. The number of rotatable bonds is 5. The number of benzene rings is 1. The van der Waals surface area contributed by atoms with E-state index in [1.807, 2.05) is 6.07 Å². The lowest BCUT2D eigenvalue weighted by Gasteiger charge is -2.35. The minimum Gasteiger partial charge on any atom is -0.469 e. The van der Waals surface area contributed by atoms with E-state index < -0.39 is 0 Å². The van der Waals surface area contributed by atoms with E-state index in [1.54, 1.807) is 12.1 Å². The Morgan fingerprint density at radius 2 is 2.29 bits per heavy atom. The first kappa shape index (κ1) is 15.4. The van der Waals surface area contributed by atoms with Crippen LogP contribution in [0.25, 0.3) is 0 Å². The van der Waals surface area contributed by atoms with Crippen molar-refractivity contribution >= 4 is 11.7 Å². The average Bonchev–Trinajstić information content (AvgIpc) is 2.49. The number of methoxy groups -OCH3 is 1. The van der Waals surface area contributed by atoms with Crippen molar-refractivity contribution in [1.82, 2.24) is 4.90 Å². The van der Waals surface area contributed by atoms with Crippen LogP contribution in [0.3, 0.4) is 0 Å². The SMILES string of the molecule is COC(=O)CC1CCCCN1Cc1cccc([N+](=O)[O-])c1. The highest BCUT2D eigenvalue weighted by Gasteiger charge is 2.25. The van der Waals surface area contributed by atoms with Crippen molar-refractivity contribution < 1.29 is 14.5 Å². The van der Waals surface area contributed by atoms with Crippen LogP contribution in [-0.2, 0) is 16.1 Å². The van der Waals surface area contributed by atoms with E-state index in [0.717, 1.165) is 31.4 Å². The van der Waals surface area contributed by atoms with Crippen molar-refractivity contribution in [3.63, 3.8) is 0 Å². The van der Waals surface area contributed by atoms with Crippen molar-refractivity contribution in [2.75, 3.05) is 13.7 Å². The Bertz CT molecular complexity index is 518. The molecule has 0 radical (unpaired) electrons. The molecule has 0 bridgehead atoms. The Morgan fingerprint density at radius 1 is 1.48 bits per heavy atom. The molecular weight excluding hydrogens is 272 g/mol. The van der Waals surface area contributed by atoms with Gasteiger partial charge in [0.1, 0.15) is 0 Å². The molecule has 2 rings (SSSR count). The summed E-state index contributed by atoms with van der Waals surface area (Å²) in [6.07, 6.45) is 3.54. The Balaban J connectivity index is 2.06. The molecule has 21 heavy (non-hydrogen) atoms. The standard InChI is InChI=1S/C15H20N2O4/c1-21-15(18)10-13-6-2-3-8-16(13)11-12-5-4-7-14(9-12)17(19)20/h4-5,7,9,13H,2-3,6,8,10-11H2,1H3. The first-order chi connectivity index (χ1) is 10.1. The Kier molecular flexibility index (Phi) is 5.27. The van der Waals surface area contributed by atoms with Gasteiger partial charge in [0.2, 0.25) is 0 Å². The third kappa shape index (κ3) is 4.26. The molecule has 114 valence electrons. The zero-order valence-corrected chi connectivity index (χ0v) is 12.2. The molecule has 1 fully saturated rings. The van der Waals surface area contributed by atoms with Gasteiger partial charge in [0, 0.05) is 24.7 Å². The van der Waals surface area contributed by atoms with Gasteiger partial charge in [-0.25, -0.2) is 0 Å². The summed E-state index contributed by atoms with van der Waals surface area (Å²) in [6, 6.07) is 6.84. The average molecular weight is 292 g/mol. The monoisotopic (exact) mass is 292 g/mol. The molecule has 1 aliphatic rings. The molecule has 1 aliphatic heterocycles. The highest BCUT2D eigenvalue weighted by molar-refractivity contribution is 5.69. The van der Waals surface area contributed by atoms with E-state index in [9.17, 15) is 14.9 Å². The van der Waals surface area contributed by atoms with Gasteiger partial charge in [-0.15, -0.1) is 0 Å². The Morgan fingerprint density at radius 3 is 3.00 bits per heavy atom. The van der Waals surface area contributed by atoms with Crippen molar-refractivity contribution in [2.45, 2.75) is 38.3 Å². The highest BCUT2D eigenvalue weighted by atomic mass is 16.6. The molecule has 0 amide bonds. The summed E-state index contributed by atoms with van der Waals surface area (Å²) in [5.74, 6) is -0.203. The molecule has 1 saturated heterocycles. The number of nitro benzene ring substituents is 1. The third-order valence-corrected chi connectivity index (χ3v) is 3.89. The molecule has 6 heteroatoms. The van der Waals surface area contributed by atoms with E-state index in [4.69, 9.17) is 4.74 Å². The molecule has 0 aliphatic carbocycles. The predicted molar refractivity (Wildman–Crippen MR) is 77.8 cm³/mol. The molecule has 6 nitrogen and oxygen atoms in total. The van der Waals surface area contributed by atoms with E-state index in [0.29, 0.717) is 13.0 Å². The molecule has 0 aromatic heterocycles. The zero-order chi connectivity index (χ0) is 15.2. The van der Waals surface area contributed by atoms with E-state index in [1.165, 1.54) is 13.2 Å². The van der Waals surface area contributed by atoms with Crippen LogP contribution >= 0.6 is 0 Å². The molecule has 0 saturated carbocycles. The van der Waals surface area contributed by atoms with E-state index >= 15 is 0 Å². The van der Waals surface area contributed by atoms with Crippen molar-refractivity contribution in [2.24, 2.45) is 0 Å². The predicted octanol–water partition coefficient (Wildman–Crippen LogP) is 2.51. The number of carbonyl (C=O) groups is 1. The summed E-state index contributed by atoms with van der Waals surface area (Å²) in [4.78, 5) is 24.1. The molecule has 1 aromatic carbocycles. The maximum Gasteiger partial charge on any atom is 0.307 e. The molecule has 0 spiro atoms. The summed E-state index contributed by atoms with van der Waals surface area (Å²) >= 11 is 0. The zero-order valence-electron chi connectivity index (χ0n) is 12.2. The summed E-state index contributed by atoms with van der Waals surface area (Å²) in [5, 5.41) is 10.8. The Labute approximate surface area is 123 Å². The fourth-order valence-corrected chi connectivity index (χ4v) is 2.78. The maximum absolute atomic E-state index is 11.5. The van der Waals surface area contributed by atoms with Crippen LogP contribution < -0.4 is 0 Å². The van der Waals surface area contributed by atoms with Crippen LogP contribution in [0.15, 0.2) is 24.3 Å². The smallest absolute Gasteiger partial charge is 0.307 e. The van der Waals surface area contributed by atoms with Gasteiger partial charge in [-0.1, -0.05) is 18.6 Å². The number of non-ortho nitro benzene ring substituents is 1. The Hall–Kier alpha value is -1.95. The fourth-order valence-electron chi connectivity index (χ4n) is 2.78. The van der Waals surface area contributed by atoms with Gasteiger partial charge < -0.3 is 4.74 Å². The van der Waals surface area contributed by atoms with Gasteiger partial charge in [0.05, 0.1) is 18.5 Å². The van der Waals surface area contributed by atoms with Crippen molar-refractivity contribution in [1.29, 1.82) is 0 Å². The van der Waals surface area contributed by atoms with Gasteiger partial charge >= 0.3 is 5.97 Å². The van der Waals surface area contributed by atoms with Gasteiger partial charge in [0.15, 0.2) is 0 Å². The molecular formula is C15H20N2O4. The number of esters is 1. The van der Waals surface area contributed by atoms with Crippen LogP contribution in [-0.4, -0.2) is 35.5 Å². The number of carbonyl (C=O) groups excluding carboxylic acids is 1. The van der Waals surface area contributed by atoms with Gasteiger partial charge in [-0.2, -0.15) is 0 Å². The van der Waals surface area contributed by atoms with Crippen LogP contribution in [0.2, 0.25) is 0 Å². The largest absolute Gasteiger partial charge is 0.469 e. The number of piperidine rings is 1. The lowest BCUT2D eigenvalue weighted by Crippen LogP contribution is -2.40. The molecule has 1 heterocycles.